The molecule has 1 heterocycles. The summed E-state index contributed by atoms with van der Waals surface area (Å²) >= 11 is 0. The highest BCUT2D eigenvalue weighted by molar-refractivity contribution is 6.20. The first-order valence-corrected chi connectivity index (χ1v) is 8.83. The minimum absolute atomic E-state index is 0.0841. The van der Waals surface area contributed by atoms with Crippen molar-refractivity contribution in [3.63, 3.8) is 0 Å². The average Bonchev–Trinajstić information content (AvgIpc) is 3.21. The number of nitrogens with one attached hydrogen (secondary N) is 1. The second-order valence-electron chi connectivity index (χ2n) is 7.25. The summed E-state index contributed by atoms with van der Waals surface area (Å²) in [6.45, 7) is 1.87. The van der Waals surface area contributed by atoms with Crippen LogP contribution in [0.25, 0.3) is 0 Å². The molecule has 3 atom stereocenters. The summed E-state index contributed by atoms with van der Waals surface area (Å²) < 4.78 is 0. The number of imide groups is 1. The molecule has 1 saturated heterocycles. The van der Waals surface area contributed by atoms with E-state index in [9.17, 15) is 14.4 Å². The highest BCUT2D eigenvalue weighted by Gasteiger charge is 2.54. The summed E-state index contributed by atoms with van der Waals surface area (Å²) in [5, 5.41) is 2.99. The summed E-state index contributed by atoms with van der Waals surface area (Å²) in [6, 6.07) is 5.44. The van der Waals surface area contributed by atoms with E-state index >= 15 is 0 Å². The van der Waals surface area contributed by atoms with Gasteiger partial charge in [0.05, 0.1) is 5.69 Å². The van der Waals surface area contributed by atoms with Crippen LogP contribution in [-0.2, 0) is 14.4 Å². The summed E-state index contributed by atoms with van der Waals surface area (Å²) in [6.07, 6.45) is 5.33. The monoisotopic (exact) mass is 326 g/mol. The Morgan fingerprint density at radius 2 is 1.71 bits per heavy atom. The van der Waals surface area contributed by atoms with Gasteiger partial charge in [-0.3, -0.25) is 19.3 Å². The maximum absolute atomic E-state index is 12.5. The molecule has 1 N–H and O–H groups in total. The van der Waals surface area contributed by atoms with Crippen molar-refractivity contribution >= 4 is 29.1 Å². The average molecular weight is 326 g/mol. The molecule has 1 aromatic rings. The Morgan fingerprint density at radius 1 is 1.08 bits per heavy atom. The van der Waals surface area contributed by atoms with Crippen molar-refractivity contribution in [2.45, 2.75) is 45.4 Å². The number of carbonyl (C=O) groups excluding carboxylic acids is 3. The number of benzene rings is 1. The highest BCUT2D eigenvalue weighted by Crippen LogP contribution is 2.55. The fourth-order valence-electron chi connectivity index (χ4n) is 4.38. The van der Waals surface area contributed by atoms with Crippen molar-refractivity contribution in [1.82, 2.24) is 0 Å². The van der Waals surface area contributed by atoms with Crippen molar-refractivity contribution < 1.29 is 14.4 Å². The molecule has 1 aromatic carbocycles. The zero-order chi connectivity index (χ0) is 16.8. The molecule has 2 saturated carbocycles. The Balaban J connectivity index is 1.52. The highest BCUT2D eigenvalue weighted by atomic mass is 16.2. The number of amides is 3. The number of aryl methyl sites for hydroxylation is 1. The van der Waals surface area contributed by atoms with E-state index < -0.39 is 0 Å². The number of hydrogen-bond donors (Lipinski definition) is 1. The SMILES string of the molecule is Cc1ccc(NC(=O)C2[C@H]3CCCC[C@@H]23)cc1N1C(=O)CCC1=O. The molecule has 24 heavy (non-hydrogen) atoms. The van der Waals surface area contributed by atoms with Gasteiger partial charge in [0.1, 0.15) is 0 Å². The molecular formula is C19H22N2O3. The van der Waals surface area contributed by atoms with Crippen LogP contribution < -0.4 is 10.2 Å². The molecule has 3 aliphatic rings. The van der Waals surface area contributed by atoms with E-state index in [4.69, 9.17) is 0 Å². The molecule has 4 rings (SSSR count). The number of rotatable bonds is 3. The van der Waals surface area contributed by atoms with Gasteiger partial charge >= 0.3 is 0 Å². The third kappa shape index (κ3) is 2.52. The van der Waals surface area contributed by atoms with Gasteiger partial charge in [0.15, 0.2) is 0 Å². The van der Waals surface area contributed by atoms with Gasteiger partial charge in [0.2, 0.25) is 17.7 Å². The van der Waals surface area contributed by atoms with Crippen LogP contribution in [0.2, 0.25) is 0 Å². The molecule has 0 aromatic heterocycles. The van der Waals surface area contributed by atoms with Gasteiger partial charge in [-0.25, -0.2) is 0 Å². The van der Waals surface area contributed by atoms with Crippen LogP contribution in [0.4, 0.5) is 11.4 Å². The van der Waals surface area contributed by atoms with Crippen molar-refractivity contribution in [2.75, 3.05) is 10.2 Å². The number of carbonyl (C=O) groups is 3. The lowest BCUT2D eigenvalue weighted by Gasteiger charge is -2.18. The molecule has 0 radical (unpaired) electrons. The molecule has 5 heteroatoms. The largest absolute Gasteiger partial charge is 0.326 e. The Kier molecular flexibility index (Phi) is 3.66. The summed E-state index contributed by atoms with van der Waals surface area (Å²) in [5.74, 6) is 1.02. The minimum Gasteiger partial charge on any atom is -0.326 e. The second-order valence-corrected chi connectivity index (χ2v) is 7.25. The lowest BCUT2D eigenvalue weighted by atomic mass is 10.0. The smallest absolute Gasteiger partial charge is 0.234 e. The fourth-order valence-corrected chi connectivity index (χ4v) is 4.38. The van der Waals surface area contributed by atoms with Crippen molar-refractivity contribution in [1.29, 1.82) is 0 Å². The van der Waals surface area contributed by atoms with E-state index in [2.05, 4.69) is 5.32 Å². The lowest BCUT2D eigenvalue weighted by molar-refractivity contribution is -0.121. The third-order valence-electron chi connectivity index (χ3n) is 5.73. The molecule has 3 amide bonds. The van der Waals surface area contributed by atoms with Gasteiger partial charge in [-0.1, -0.05) is 18.9 Å². The standard InChI is InChI=1S/C19H22N2O3/c1-11-6-7-12(10-15(11)21-16(22)8-9-17(21)23)20-19(24)18-13-4-2-3-5-14(13)18/h6-7,10,13-14,18H,2-5,8-9H2,1H3,(H,20,24)/t13-,14+,18?. The molecular weight excluding hydrogens is 304 g/mol. The van der Waals surface area contributed by atoms with E-state index in [0.29, 0.717) is 23.2 Å². The molecule has 1 aliphatic heterocycles. The Morgan fingerprint density at radius 3 is 2.33 bits per heavy atom. The summed E-state index contributed by atoms with van der Waals surface area (Å²) in [5.41, 5.74) is 2.11. The van der Waals surface area contributed by atoms with Gasteiger partial charge < -0.3 is 5.32 Å². The lowest BCUT2D eigenvalue weighted by Crippen LogP contribution is -2.29. The second kappa shape index (κ2) is 5.72. The van der Waals surface area contributed by atoms with E-state index in [0.717, 1.165) is 5.56 Å². The number of nitrogens with zero attached hydrogens (tertiary/aromatic N) is 1. The van der Waals surface area contributed by atoms with E-state index in [-0.39, 0.29) is 36.5 Å². The number of anilines is 2. The number of hydrogen-bond acceptors (Lipinski definition) is 3. The topological polar surface area (TPSA) is 66.5 Å². The van der Waals surface area contributed by atoms with Gasteiger partial charge in [-0.2, -0.15) is 0 Å². The van der Waals surface area contributed by atoms with Crippen LogP contribution in [0.1, 0.15) is 44.1 Å². The molecule has 126 valence electrons. The van der Waals surface area contributed by atoms with Crippen molar-refractivity contribution in [2.24, 2.45) is 17.8 Å². The molecule has 5 nitrogen and oxygen atoms in total. The van der Waals surface area contributed by atoms with Gasteiger partial charge in [-0.05, 0) is 49.3 Å². The maximum atomic E-state index is 12.5. The third-order valence-corrected chi connectivity index (χ3v) is 5.73. The van der Waals surface area contributed by atoms with Crippen LogP contribution in [0.3, 0.4) is 0 Å². The first-order chi connectivity index (χ1) is 11.6. The Labute approximate surface area is 141 Å². The predicted octanol–water partition coefficient (Wildman–Crippen LogP) is 3.02. The van der Waals surface area contributed by atoms with Crippen LogP contribution in [-0.4, -0.2) is 17.7 Å². The Bertz CT molecular complexity index is 699. The first-order valence-electron chi connectivity index (χ1n) is 8.83. The zero-order valence-electron chi connectivity index (χ0n) is 13.9. The van der Waals surface area contributed by atoms with Crippen LogP contribution in [0, 0.1) is 24.7 Å². The van der Waals surface area contributed by atoms with Crippen LogP contribution in [0.5, 0.6) is 0 Å². The molecule has 0 spiro atoms. The minimum atomic E-state index is -0.167. The van der Waals surface area contributed by atoms with E-state index in [1.54, 1.807) is 6.07 Å². The van der Waals surface area contributed by atoms with Crippen molar-refractivity contribution in [3.8, 4) is 0 Å². The summed E-state index contributed by atoms with van der Waals surface area (Å²) in [4.78, 5) is 37.7. The van der Waals surface area contributed by atoms with Gasteiger partial charge in [0.25, 0.3) is 0 Å². The van der Waals surface area contributed by atoms with Crippen LogP contribution in [0.15, 0.2) is 18.2 Å². The first kappa shape index (κ1) is 15.4. The molecule has 2 aliphatic carbocycles. The van der Waals surface area contributed by atoms with Gasteiger partial charge in [-0.15, -0.1) is 0 Å². The maximum Gasteiger partial charge on any atom is 0.234 e. The molecule has 1 unspecified atom stereocenters. The molecule has 3 fully saturated rings. The van der Waals surface area contributed by atoms with E-state index in [1.165, 1.54) is 30.6 Å². The summed E-state index contributed by atoms with van der Waals surface area (Å²) in [7, 11) is 0. The predicted molar refractivity (Wildman–Crippen MR) is 90.5 cm³/mol. The van der Waals surface area contributed by atoms with E-state index in [1.807, 2.05) is 19.1 Å². The normalized spacial score (nSPS) is 28.7. The van der Waals surface area contributed by atoms with Crippen molar-refractivity contribution in [3.05, 3.63) is 23.8 Å². The quantitative estimate of drug-likeness (QED) is 0.868. The Hall–Kier alpha value is -2.17. The van der Waals surface area contributed by atoms with Crippen LogP contribution >= 0.6 is 0 Å². The number of fused-ring (bicyclic) bond motifs is 1. The zero-order valence-corrected chi connectivity index (χ0v) is 13.9. The van der Waals surface area contributed by atoms with Gasteiger partial charge in [0, 0.05) is 24.4 Å². The molecule has 0 bridgehead atoms. The fraction of sp³-hybridized carbons (Fsp3) is 0.526.